The molecular formula is C4H4Na2O3. The van der Waals surface area contributed by atoms with E-state index in [0.29, 0.717) is 0 Å². The quantitative estimate of drug-likeness (QED) is 0.221. The zero-order valence-corrected chi connectivity index (χ0v) is 9.80. The van der Waals surface area contributed by atoms with Crippen molar-refractivity contribution in [2.75, 3.05) is 0 Å². The van der Waals surface area contributed by atoms with Crippen LogP contribution in [0.2, 0.25) is 0 Å². The van der Waals surface area contributed by atoms with Crippen LogP contribution in [0.1, 0.15) is 6.92 Å². The molecule has 0 unspecified atom stereocenters. The summed E-state index contributed by atoms with van der Waals surface area (Å²) in [7, 11) is 0. The Morgan fingerprint density at radius 1 is 1.33 bits per heavy atom. The maximum absolute atomic E-state index is 9.79. The van der Waals surface area contributed by atoms with E-state index in [4.69, 9.17) is 0 Å². The van der Waals surface area contributed by atoms with E-state index in [2.05, 4.69) is 0 Å². The summed E-state index contributed by atoms with van der Waals surface area (Å²) in [5.41, 5.74) is 0. The van der Waals surface area contributed by atoms with Gasteiger partial charge in [-0.15, -0.1) is 6.92 Å². The number of carboxylic acid groups (broad SMARTS) is 1. The Hall–Kier alpha value is 1.01. The van der Waals surface area contributed by atoms with Crippen molar-refractivity contribution in [3.8, 4) is 0 Å². The van der Waals surface area contributed by atoms with E-state index in [0.717, 1.165) is 6.42 Å². The Morgan fingerprint density at radius 3 is 1.67 bits per heavy atom. The summed E-state index contributed by atoms with van der Waals surface area (Å²) >= 11 is 0. The van der Waals surface area contributed by atoms with E-state index in [1.165, 1.54) is 6.92 Å². The molecule has 3 nitrogen and oxygen atoms in total. The third-order valence-electron chi connectivity index (χ3n) is 0.463. The molecule has 0 radical (unpaired) electrons. The molecule has 40 valence electrons. The second-order valence-corrected chi connectivity index (χ2v) is 0.940. The minimum absolute atomic E-state index is 0. The number of hydrogen-bond donors (Lipinski definition) is 0. The molecule has 0 aromatic rings. The van der Waals surface area contributed by atoms with Crippen LogP contribution in [0.3, 0.4) is 0 Å². The number of carboxylic acids is 1. The Labute approximate surface area is 97.8 Å². The molecule has 0 aromatic heterocycles. The number of ketones is 1. The van der Waals surface area contributed by atoms with Gasteiger partial charge in [0.15, 0.2) is 0 Å². The van der Waals surface area contributed by atoms with Crippen molar-refractivity contribution in [3.05, 3.63) is 6.42 Å². The van der Waals surface area contributed by atoms with Crippen molar-refractivity contribution in [1.82, 2.24) is 0 Å². The predicted molar refractivity (Wildman–Crippen MR) is 20.0 cm³/mol. The fraction of sp³-hybridized carbons (Fsp3) is 0.250. The molecule has 0 spiro atoms. The van der Waals surface area contributed by atoms with Crippen LogP contribution in [-0.2, 0) is 9.59 Å². The molecule has 0 saturated heterocycles. The molecule has 0 rings (SSSR count). The van der Waals surface area contributed by atoms with Crippen molar-refractivity contribution in [1.29, 1.82) is 0 Å². The zero-order valence-electron chi connectivity index (χ0n) is 5.80. The molecule has 0 atom stereocenters. The van der Waals surface area contributed by atoms with Gasteiger partial charge in [-0.1, -0.05) is 5.97 Å². The Balaban J connectivity index is -0.000000180. The Kier molecular flexibility index (Phi) is 16.6. The normalized spacial score (nSPS) is 5.89. The van der Waals surface area contributed by atoms with Gasteiger partial charge in [-0.2, -0.15) is 6.42 Å². The minimum Gasteiger partial charge on any atom is -0.654 e. The largest absolute Gasteiger partial charge is 1.00 e. The van der Waals surface area contributed by atoms with Gasteiger partial charge < -0.3 is 14.7 Å². The second kappa shape index (κ2) is 9.01. The maximum atomic E-state index is 9.79. The topological polar surface area (TPSA) is 57.2 Å². The van der Waals surface area contributed by atoms with Crippen LogP contribution < -0.4 is 64.2 Å². The number of Topliss-reactive ketones (excluding diaryl/α,β-unsaturated/α-hetero) is 1. The first kappa shape index (κ1) is 16.5. The minimum atomic E-state index is -1.65. The van der Waals surface area contributed by atoms with E-state index >= 15 is 0 Å². The molecule has 0 aromatic carbocycles. The number of hydrogen-bond acceptors (Lipinski definition) is 3. The molecule has 0 bridgehead atoms. The summed E-state index contributed by atoms with van der Waals surface area (Å²) in [5, 5.41) is 9.44. The average molecular weight is 146 g/mol. The standard InChI is InChI=1S/C4H5O3.2Na/c1-2-3(5)4(6)7;;/h2H,1H3,(H,6,7);;/q-1;2*+1/p-1. The third-order valence-corrected chi connectivity index (χ3v) is 0.463. The van der Waals surface area contributed by atoms with Crippen LogP contribution in [0.4, 0.5) is 0 Å². The summed E-state index contributed by atoms with van der Waals surface area (Å²) < 4.78 is 0. The summed E-state index contributed by atoms with van der Waals surface area (Å²) in [6.07, 6.45) is 0.940. The van der Waals surface area contributed by atoms with Crippen LogP contribution in [0.15, 0.2) is 0 Å². The number of aliphatic carboxylic acids is 1. The van der Waals surface area contributed by atoms with Crippen LogP contribution >= 0.6 is 0 Å². The summed E-state index contributed by atoms with van der Waals surface area (Å²) in [6.45, 7) is 1.35. The molecule has 0 heterocycles. The number of rotatable bonds is 2. The van der Waals surface area contributed by atoms with Gasteiger partial charge >= 0.3 is 59.1 Å². The van der Waals surface area contributed by atoms with Crippen molar-refractivity contribution in [2.45, 2.75) is 6.92 Å². The van der Waals surface area contributed by atoms with Crippen molar-refractivity contribution in [3.63, 3.8) is 0 Å². The molecule has 0 aliphatic rings. The zero-order chi connectivity index (χ0) is 5.86. The molecule has 0 fully saturated rings. The second-order valence-electron chi connectivity index (χ2n) is 0.940. The van der Waals surface area contributed by atoms with Gasteiger partial charge in [0.25, 0.3) is 0 Å². The van der Waals surface area contributed by atoms with E-state index in [1.807, 2.05) is 0 Å². The van der Waals surface area contributed by atoms with E-state index in [-0.39, 0.29) is 59.1 Å². The van der Waals surface area contributed by atoms with Crippen LogP contribution in [0.5, 0.6) is 0 Å². The van der Waals surface area contributed by atoms with Gasteiger partial charge in [0.1, 0.15) is 0 Å². The molecule has 5 heteroatoms. The van der Waals surface area contributed by atoms with E-state index in [9.17, 15) is 14.7 Å². The van der Waals surface area contributed by atoms with Crippen LogP contribution in [-0.4, -0.2) is 11.8 Å². The predicted octanol–water partition coefficient (Wildman–Crippen LogP) is -7.46. The van der Waals surface area contributed by atoms with Crippen LogP contribution in [0, 0.1) is 6.42 Å². The number of carbonyl (C=O) groups is 2. The van der Waals surface area contributed by atoms with E-state index in [1.54, 1.807) is 0 Å². The van der Waals surface area contributed by atoms with Gasteiger partial charge in [0.05, 0.1) is 0 Å². The summed E-state index contributed by atoms with van der Waals surface area (Å²) in [5.74, 6) is -2.62. The van der Waals surface area contributed by atoms with E-state index < -0.39 is 11.8 Å². The van der Waals surface area contributed by atoms with Crippen molar-refractivity contribution >= 4 is 11.8 Å². The van der Waals surface area contributed by atoms with Crippen LogP contribution in [0.25, 0.3) is 0 Å². The third kappa shape index (κ3) is 9.01. The van der Waals surface area contributed by atoms with Gasteiger partial charge in [-0.05, 0) is 0 Å². The van der Waals surface area contributed by atoms with Gasteiger partial charge in [-0.3, -0.25) is 0 Å². The smallest absolute Gasteiger partial charge is 0.654 e. The SMILES string of the molecule is C[CH-]C(=O)C(=O)[O-].[Na+].[Na+]. The molecule has 9 heavy (non-hydrogen) atoms. The first-order valence-corrected chi connectivity index (χ1v) is 1.73. The first-order chi connectivity index (χ1) is 3.18. The molecule has 0 N–H and O–H groups in total. The fourth-order valence-electron chi connectivity index (χ4n) is 0.118. The molecule has 0 aliphatic carbocycles. The Morgan fingerprint density at radius 2 is 1.67 bits per heavy atom. The molecule has 0 aliphatic heterocycles. The monoisotopic (exact) mass is 146 g/mol. The van der Waals surface area contributed by atoms with Gasteiger partial charge in [-0.25, -0.2) is 0 Å². The first-order valence-electron chi connectivity index (χ1n) is 1.73. The Bertz CT molecular complexity index is 102. The van der Waals surface area contributed by atoms with Crippen molar-refractivity contribution in [2.24, 2.45) is 0 Å². The fourth-order valence-corrected chi connectivity index (χ4v) is 0.118. The number of carbonyl (C=O) groups excluding carboxylic acids is 2. The molecule has 0 amide bonds. The van der Waals surface area contributed by atoms with Gasteiger partial charge in [0.2, 0.25) is 0 Å². The summed E-state index contributed by atoms with van der Waals surface area (Å²) in [4.78, 5) is 19.2. The van der Waals surface area contributed by atoms with Gasteiger partial charge in [0, 0.05) is 5.78 Å². The maximum Gasteiger partial charge on any atom is 1.00 e. The van der Waals surface area contributed by atoms with Crippen molar-refractivity contribution < 1.29 is 73.8 Å². The summed E-state index contributed by atoms with van der Waals surface area (Å²) in [6, 6.07) is 0. The average Bonchev–Trinajstić information content (AvgIpc) is 1.65. The molecule has 0 saturated carbocycles. The molecular weight excluding hydrogens is 142 g/mol.